The lowest BCUT2D eigenvalue weighted by Crippen LogP contribution is -2.38. The van der Waals surface area contributed by atoms with Gasteiger partial charge in [0.1, 0.15) is 17.5 Å². The maximum absolute atomic E-state index is 11.2. The molecule has 0 bridgehead atoms. The summed E-state index contributed by atoms with van der Waals surface area (Å²) in [6.45, 7) is 1.01. The third kappa shape index (κ3) is 7.85. The molecule has 11 heteroatoms. The number of carbonyl (C=O) groups excluding carboxylic acids is 1. The van der Waals surface area contributed by atoms with Gasteiger partial charge in [-0.3, -0.25) is 23.5 Å². The minimum absolute atomic E-state index is 0.0372. The molecule has 0 aromatic carbocycles. The maximum atomic E-state index is 11.2. The van der Waals surface area contributed by atoms with Crippen molar-refractivity contribution in [2.45, 2.75) is 13.5 Å². The first-order valence-electron chi connectivity index (χ1n) is 4.47. The van der Waals surface area contributed by atoms with Gasteiger partial charge >= 0.3 is 16.3 Å². The van der Waals surface area contributed by atoms with Crippen LogP contribution < -0.4 is 11.1 Å². The lowest BCUT2D eigenvalue weighted by Gasteiger charge is -2.02. The van der Waals surface area contributed by atoms with Crippen LogP contribution in [0.3, 0.4) is 0 Å². The molecule has 1 rings (SSSR count). The van der Waals surface area contributed by atoms with Crippen molar-refractivity contribution < 1.29 is 9.36 Å². The Morgan fingerprint density at radius 3 is 2.32 bits per heavy atom. The zero-order valence-corrected chi connectivity index (χ0v) is 12.6. The number of hydrogen-bond acceptors (Lipinski definition) is 5. The van der Waals surface area contributed by atoms with E-state index in [4.69, 9.17) is 5.26 Å². The zero-order valence-electron chi connectivity index (χ0n) is 9.39. The zero-order chi connectivity index (χ0) is 15.2. The van der Waals surface area contributed by atoms with Gasteiger partial charge in [0.25, 0.3) is 0 Å². The van der Waals surface area contributed by atoms with Gasteiger partial charge in [0.15, 0.2) is 0 Å². The van der Waals surface area contributed by atoms with Gasteiger partial charge in [0.05, 0.1) is 6.54 Å². The first-order valence-corrected chi connectivity index (χ1v) is 8.89. The van der Waals surface area contributed by atoms with Crippen LogP contribution in [0.5, 0.6) is 0 Å². The number of H-pyrrole nitrogens is 1. The van der Waals surface area contributed by atoms with Gasteiger partial charge in [-0.1, -0.05) is 0 Å². The van der Waals surface area contributed by atoms with Gasteiger partial charge in [-0.05, 0) is 40.6 Å². The number of aromatic nitrogens is 2. The molecule has 0 unspecified atom stereocenters. The van der Waals surface area contributed by atoms with Crippen LogP contribution in [-0.4, -0.2) is 15.3 Å². The summed E-state index contributed by atoms with van der Waals surface area (Å²) in [5, 5.41) is 5.38. The normalized spacial score (nSPS) is 10.1. The molecule has 1 aromatic heterocycles. The fourth-order valence-corrected chi connectivity index (χ4v) is 0.978. The highest BCUT2D eigenvalue weighted by Gasteiger charge is 2.08. The minimum atomic E-state index is -3.22. The number of hydrogen-bond donors (Lipinski definition) is 1. The highest BCUT2D eigenvalue weighted by atomic mass is 36.0. The second-order valence-electron chi connectivity index (χ2n) is 3.11. The first kappa shape index (κ1) is 17.9. The van der Waals surface area contributed by atoms with Crippen molar-refractivity contribution >= 4 is 44.7 Å². The standard InChI is InChI=1S/C8H7N3O3.Cl3OP/c1-5(12)4-11-6(2-9)3-10-7(13)8(11)14;1-5(2,3)4/h3H,4H2,1H3,(H,10,13);. The van der Waals surface area contributed by atoms with Crippen LogP contribution in [0.15, 0.2) is 15.8 Å². The van der Waals surface area contributed by atoms with Gasteiger partial charge in [-0.25, -0.2) is 0 Å². The SMILES string of the molecule is CC(=O)Cn1c(C#N)c[nH]c(=O)c1=O.O=P(Cl)(Cl)Cl. The number of nitrogens with zero attached hydrogens (tertiary/aromatic N) is 2. The van der Waals surface area contributed by atoms with Gasteiger partial charge in [-0.15, -0.1) is 0 Å². The summed E-state index contributed by atoms with van der Waals surface area (Å²) in [4.78, 5) is 35.0. The Morgan fingerprint density at radius 1 is 1.47 bits per heavy atom. The second-order valence-corrected chi connectivity index (χ2v) is 9.75. The average molecular weight is 346 g/mol. The van der Waals surface area contributed by atoms with Crippen molar-refractivity contribution in [2.24, 2.45) is 0 Å². The number of Topliss-reactive ketones (excluding diaryl/α,β-unsaturated/α-hetero) is 1. The lowest BCUT2D eigenvalue weighted by molar-refractivity contribution is -0.117. The fraction of sp³-hybridized carbons (Fsp3) is 0.250. The van der Waals surface area contributed by atoms with E-state index in [0.717, 1.165) is 10.8 Å². The Kier molecular flexibility index (Phi) is 7.09. The fourth-order valence-electron chi connectivity index (χ4n) is 0.978. The predicted octanol–water partition coefficient (Wildman–Crippen LogP) is 1.81. The van der Waals surface area contributed by atoms with Crippen molar-refractivity contribution in [1.29, 1.82) is 5.26 Å². The summed E-state index contributed by atoms with van der Waals surface area (Å²) in [5.74, 6) is -0.297. The second kappa shape index (κ2) is 7.51. The number of nitrogens with one attached hydrogen (secondary N) is 1. The van der Waals surface area contributed by atoms with E-state index in [1.807, 2.05) is 0 Å². The summed E-state index contributed by atoms with van der Waals surface area (Å²) < 4.78 is 10.4. The number of halogens is 3. The largest absolute Gasteiger partial charge is 0.339 e. The number of aromatic amines is 1. The molecule has 0 atom stereocenters. The van der Waals surface area contributed by atoms with Gasteiger partial charge in [0, 0.05) is 6.20 Å². The van der Waals surface area contributed by atoms with Crippen LogP contribution in [0.2, 0.25) is 0 Å². The summed E-state index contributed by atoms with van der Waals surface area (Å²) in [5.41, 5.74) is -1.77. The molecule has 0 radical (unpaired) electrons. The van der Waals surface area contributed by atoms with Crippen molar-refractivity contribution in [3.63, 3.8) is 0 Å². The van der Waals surface area contributed by atoms with E-state index in [1.54, 1.807) is 6.07 Å². The molecule has 0 aliphatic carbocycles. The van der Waals surface area contributed by atoms with Gasteiger partial charge < -0.3 is 4.98 Å². The monoisotopic (exact) mass is 345 g/mol. The summed E-state index contributed by atoms with van der Waals surface area (Å²) in [6, 6.07) is 1.71. The van der Waals surface area contributed by atoms with Crippen molar-refractivity contribution in [1.82, 2.24) is 9.55 Å². The minimum Gasteiger partial charge on any atom is -0.322 e. The number of carbonyl (C=O) groups is 1. The molecule has 19 heavy (non-hydrogen) atoms. The molecular formula is C8H7Cl3N3O4P. The molecule has 0 spiro atoms. The number of rotatable bonds is 2. The topological polar surface area (TPSA) is 113 Å². The van der Waals surface area contributed by atoms with Crippen LogP contribution in [0.1, 0.15) is 12.6 Å². The van der Waals surface area contributed by atoms with Crippen LogP contribution in [0.25, 0.3) is 0 Å². The van der Waals surface area contributed by atoms with Gasteiger partial charge in [-0.2, -0.15) is 5.26 Å². The molecule has 1 aromatic rings. The first-order chi connectivity index (χ1) is 8.56. The van der Waals surface area contributed by atoms with Crippen molar-refractivity contribution in [2.75, 3.05) is 0 Å². The summed E-state index contributed by atoms with van der Waals surface area (Å²) >= 11 is 13.8. The molecule has 1 heterocycles. The lowest BCUT2D eigenvalue weighted by atomic mass is 10.4. The van der Waals surface area contributed by atoms with E-state index in [2.05, 4.69) is 38.7 Å². The van der Waals surface area contributed by atoms with E-state index in [0.29, 0.717) is 0 Å². The van der Waals surface area contributed by atoms with Crippen LogP contribution in [0.4, 0.5) is 0 Å². The summed E-state index contributed by atoms with van der Waals surface area (Å²) in [7, 11) is 0. The van der Waals surface area contributed by atoms with E-state index >= 15 is 0 Å². The van der Waals surface area contributed by atoms with E-state index in [1.165, 1.54) is 6.92 Å². The van der Waals surface area contributed by atoms with Crippen LogP contribution in [0, 0.1) is 11.3 Å². The quantitative estimate of drug-likeness (QED) is 0.648. The molecule has 0 saturated carbocycles. The molecule has 7 nitrogen and oxygen atoms in total. The highest BCUT2D eigenvalue weighted by molar-refractivity contribution is 8.24. The van der Waals surface area contributed by atoms with E-state index in [-0.39, 0.29) is 18.0 Å². The number of nitriles is 1. The predicted molar refractivity (Wildman–Crippen MR) is 71.9 cm³/mol. The Labute approximate surface area is 121 Å². The third-order valence-electron chi connectivity index (χ3n) is 1.57. The Bertz CT molecular complexity index is 661. The molecule has 0 aliphatic heterocycles. The smallest absolute Gasteiger partial charge is 0.322 e. The maximum Gasteiger partial charge on any atom is 0.339 e. The number of ketones is 1. The molecule has 0 saturated heterocycles. The Balaban J connectivity index is 0.000000555. The summed E-state index contributed by atoms with van der Waals surface area (Å²) in [6.07, 6.45) is 1.10. The Morgan fingerprint density at radius 2 is 1.95 bits per heavy atom. The van der Waals surface area contributed by atoms with Crippen LogP contribution in [-0.2, 0) is 15.9 Å². The van der Waals surface area contributed by atoms with Crippen molar-refractivity contribution in [3.05, 3.63) is 32.6 Å². The van der Waals surface area contributed by atoms with E-state index in [9.17, 15) is 18.9 Å². The Hall–Kier alpha value is -1.06. The third-order valence-corrected chi connectivity index (χ3v) is 1.57. The highest BCUT2D eigenvalue weighted by Crippen LogP contribution is 2.61. The molecule has 1 N–H and O–H groups in total. The molecule has 104 valence electrons. The van der Waals surface area contributed by atoms with E-state index < -0.39 is 16.3 Å². The molecule has 0 fully saturated rings. The van der Waals surface area contributed by atoms with Crippen LogP contribution >= 0.6 is 38.9 Å². The van der Waals surface area contributed by atoms with Gasteiger partial charge in [0.2, 0.25) is 0 Å². The average Bonchev–Trinajstić information content (AvgIpc) is 2.22. The molecular weight excluding hydrogens is 339 g/mol. The molecule has 0 amide bonds. The molecule has 0 aliphatic rings. The van der Waals surface area contributed by atoms with Crippen molar-refractivity contribution in [3.8, 4) is 6.07 Å².